The molecule has 124 valence electrons. The van der Waals surface area contributed by atoms with Gasteiger partial charge < -0.3 is 14.1 Å². The molecule has 24 heavy (non-hydrogen) atoms. The van der Waals surface area contributed by atoms with Gasteiger partial charge in [-0.15, -0.1) is 0 Å². The maximum atomic E-state index is 12.7. The van der Waals surface area contributed by atoms with Crippen molar-refractivity contribution in [2.45, 2.75) is 32.4 Å². The lowest BCUT2D eigenvalue weighted by atomic mass is 10.1. The van der Waals surface area contributed by atoms with Crippen LogP contribution in [0.3, 0.4) is 0 Å². The fourth-order valence-corrected chi connectivity index (χ4v) is 2.90. The van der Waals surface area contributed by atoms with Crippen molar-refractivity contribution in [3.63, 3.8) is 0 Å². The molecule has 0 N–H and O–H groups in total. The maximum absolute atomic E-state index is 12.7. The molecule has 2 atom stereocenters. The molecule has 0 bridgehead atoms. The van der Waals surface area contributed by atoms with Gasteiger partial charge in [0, 0.05) is 17.8 Å². The minimum atomic E-state index is -0.854. The average molecular weight is 325 g/mol. The zero-order chi connectivity index (χ0) is 17.1. The fraction of sp³-hybridized carbons (Fsp3) is 0.263. The van der Waals surface area contributed by atoms with Crippen LogP contribution in [0.1, 0.15) is 25.2 Å². The van der Waals surface area contributed by atoms with E-state index in [0.717, 1.165) is 17.7 Å². The Bertz CT molecular complexity index is 763. The number of fused-ring (bicyclic) bond motifs is 1. The highest BCUT2D eigenvalue weighted by Crippen LogP contribution is 2.32. The molecule has 0 aliphatic carbocycles. The predicted octanol–water partition coefficient (Wildman–Crippen LogP) is 3.20. The van der Waals surface area contributed by atoms with Gasteiger partial charge in [0.05, 0.1) is 6.26 Å². The second-order valence-electron chi connectivity index (χ2n) is 5.82. The first kappa shape index (κ1) is 16.1. The summed E-state index contributed by atoms with van der Waals surface area (Å²) >= 11 is 0. The molecule has 0 saturated heterocycles. The van der Waals surface area contributed by atoms with E-state index in [1.165, 1.54) is 18.4 Å². The third kappa shape index (κ3) is 3.25. The third-order valence-corrected chi connectivity index (χ3v) is 4.01. The zero-order valence-electron chi connectivity index (χ0n) is 13.6. The van der Waals surface area contributed by atoms with Crippen molar-refractivity contribution in [3.05, 3.63) is 60.1 Å². The Kier molecular flexibility index (Phi) is 4.51. The number of nitrogens with zero attached hydrogens (tertiary/aromatic N) is 1. The van der Waals surface area contributed by atoms with Crippen LogP contribution in [0.2, 0.25) is 0 Å². The van der Waals surface area contributed by atoms with E-state index in [-0.39, 0.29) is 11.9 Å². The summed E-state index contributed by atoms with van der Waals surface area (Å²) in [6.45, 7) is 3.58. The highest BCUT2D eigenvalue weighted by molar-refractivity contribution is 6.00. The van der Waals surface area contributed by atoms with Crippen LogP contribution in [0.4, 0.5) is 5.69 Å². The number of carbonyl (C=O) groups is 2. The van der Waals surface area contributed by atoms with Gasteiger partial charge in [-0.3, -0.25) is 4.79 Å². The monoisotopic (exact) mass is 325 g/mol. The Hall–Kier alpha value is -2.82. The number of esters is 1. The van der Waals surface area contributed by atoms with Crippen molar-refractivity contribution in [1.29, 1.82) is 0 Å². The van der Waals surface area contributed by atoms with E-state index < -0.39 is 12.1 Å². The van der Waals surface area contributed by atoms with Crippen molar-refractivity contribution >= 4 is 23.6 Å². The molecule has 1 aliphatic heterocycles. The number of para-hydroxylation sites is 1. The SMILES string of the molecule is C[C@H](OC(=O)/C=C/c1ccco1)C(=O)N1c2ccccc2C[C@H]1C. The molecule has 1 aliphatic rings. The van der Waals surface area contributed by atoms with Crippen molar-refractivity contribution < 1.29 is 18.7 Å². The van der Waals surface area contributed by atoms with Crippen LogP contribution in [-0.4, -0.2) is 24.0 Å². The lowest BCUT2D eigenvalue weighted by Gasteiger charge is -2.25. The van der Waals surface area contributed by atoms with Gasteiger partial charge in [0.15, 0.2) is 6.10 Å². The van der Waals surface area contributed by atoms with E-state index in [1.54, 1.807) is 24.0 Å². The second kappa shape index (κ2) is 6.74. The Morgan fingerprint density at radius 2 is 2.08 bits per heavy atom. The Balaban J connectivity index is 1.66. The number of ether oxygens (including phenoxy) is 1. The highest BCUT2D eigenvalue weighted by atomic mass is 16.5. The normalized spacial score (nSPS) is 17.8. The van der Waals surface area contributed by atoms with Gasteiger partial charge in [0.2, 0.25) is 0 Å². The number of furan rings is 1. The summed E-state index contributed by atoms with van der Waals surface area (Å²) in [5, 5.41) is 0. The number of anilines is 1. The highest BCUT2D eigenvalue weighted by Gasteiger charge is 2.34. The predicted molar refractivity (Wildman–Crippen MR) is 90.4 cm³/mol. The van der Waals surface area contributed by atoms with Crippen LogP contribution < -0.4 is 4.90 Å². The van der Waals surface area contributed by atoms with Crippen molar-refractivity contribution in [2.24, 2.45) is 0 Å². The largest absolute Gasteiger partial charge is 0.465 e. The molecule has 0 spiro atoms. The van der Waals surface area contributed by atoms with Crippen LogP contribution in [0.25, 0.3) is 6.08 Å². The van der Waals surface area contributed by atoms with E-state index in [1.807, 2.05) is 31.2 Å². The van der Waals surface area contributed by atoms with Gasteiger partial charge in [-0.1, -0.05) is 18.2 Å². The lowest BCUT2D eigenvalue weighted by molar-refractivity contribution is -0.149. The summed E-state index contributed by atoms with van der Waals surface area (Å²) < 4.78 is 10.3. The maximum Gasteiger partial charge on any atom is 0.331 e. The molecule has 3 rings (SSSR count). The fourth-order valence-electron chi connectivity index (χ4n) is 2.90. The summed E-state index contributed by atoms with van der Waals surface area (Å²) in [5.41, 5.74) is 2.03. The number of benzene rings is 1. The number of carbonyl (C=O) groups excluding carboxylic acids is 2. The number of rotatable bonds is 4. The molecule has 5 nitrogen and oxygen atoms in total. The van der Waals surface area contributed by atoms with Crippen LogP contribution in [-0.2, 0) is 20.7 Å². The zero-order valence-corrected chi connectivity index (χ0v) is 13.6. The first-order valence-corrected chi connectivity index (χ1v) is 7.89. The van der Waals surface area contributed by atoms with Crippen molar-refractivity contribution in [2.75, 3.05) is 4.90 Å². The van der Waals surface area contributed by atoms with Gasteiger partial charge in [-0.2, -0.15) is 0 Å². The average Bonchev–Trinajstić information content (AvgIpc) is 3.18. The van der Waals surface area contributed by atoms with Crippen molar-refractivity contribution in [1.82, 2.24) is 0 Å². The Morgan fingerprint density at radius 1 is 1.29 bits per heavy atom. The number of hydrogen-bond acceptors (Lipinski definition) is 4. The quantitative estimate of drug-likeness (QED) is 0.640. The molecule has 0 radical (unpaired) electrons. The van der Waals surface area contributed by atoms with Crippen LogP contribution in [0.15, 0.2) is 53.2 Å². The van der Waals surface area contributed by atoms with E-state index in [4.69, 9.17) is 9.15 Å². The Labute approximate surface area is 140 Å². The van der Waals surface area contributed by atoms with Crippen LogP contribution in [0.5, 0.6) is 0 Å². The van der Waals surface area contributed by atoms with Crippen LogP contribution >= 0.6 is 0 Å². The lowest BCUT2D eigenvalue weighted by Crippen LogP contribution is -2.43. The number of hydrogen-bond donors (Lipinski definition) is 0. The third-order valence-electron chi connectivity index (χ3n) is 4.01. The minimum absolute atomic E-state index is 0.0507. The smallest absolute Gasteiger partial charge is 0.331 e. The summed E-state index contributed by atoms with van der Waals surface area (Å²) in [6, 6.07) is 11.3. The molecular formula is C19H19NO4. The molecule has 2 heterocycles. The molecule has 0 saturated carbocycles. The summed E-state index contributed by atoms with van der Waals surface area (Å²) in [7, 11) is 0. The van der Waals surface area contributed by atoms with Gasteiger partial charge in [-0.05, 0) is 50.1 Å². The topological polar surface area (TPSA) is 59.8 Å². The molecule has 5 heteroatoms. The Morgan fingerprint density at radius 3 is 2.83 bits per heavy atom. The first-order chi connectivity index (χ1) is 11.6. The van der Waals surface area contributed by atoms with Gasteiger partial charge in [0.25, 0.3) is 5.91 Å². The second-order valence-corrected chi connectivity index (χ2v) is 5.82. The number of amides is 1. The molecule has 1 aromatic heterocycles. The molecular weight excluding hydrogens is 306 g/mol. The summed E-state index contributed by atoms with van der Waals surface area (Å²) in [4.78, 5) is 26.3. The standard InChI is InChI=1S/C19H19NO4/c1-13-12-15-6-3-4-8-17(15)20(13)19(22)14(2)24-18(21)10-9-16-7-5-11-23-16/h3-11,13-14H,12H2,1-2H3/b10-9+/t13-,14+/m1/s1. The van der Waals surface area contributed by atoms with E-state index in [0.29, 0.717) is 5.76 Å². The van der Waals surface area contributed by atoms with Crippen LogP contribution in [0, 0.1) is 0 Å². The minimum Gasteiger partial charge on any atom is -0.465 e. The summed E-state index contributed by atoms with van der Waals surface area (Å²) in [6.07, 6.45) is 4.23. The first-order valence-electron chi connectivity index (χ1n) is 7.89. The van der Waals surface area contributed by atoms with E-state index in [9.17, 15) is 9.59 Å². The molecule has 2 aromatic rings. The molecule has 0 fully saturated rings. The van der Waals surface area contributed by atoms with E-state index in [2.05, 4.69) is 0 Å². The van der Waals surface area contributed by atoms with Gasteiger partial charge in [-0.25, -0.2) is 4.79 Å². The van der Waals surface area contributed by atoms with Gasteiger partial charge in [0.1, 0.15) is 5.76 Å². The van der Waals surface area contributed by atoms with Gasteiger partial charge >= 0.3 is 5.97 Å². The summed E-state index contributed by atoms with van der Waals surface area (Å²) in [5.74, 6) is -0.243. The molecule has 1 amide bonds. The van der Waals surface area contributed by atoms with E-state index >= 15 is 0 Å². The van der Waals surface area contributed by atoms with Crippen molar-refractivity contribution in [3.8, 4) is 0 Å². The molecule has 0 unspecified atom stereocenters. The molecule has 1 aromatic carbocycles.